The highest BCUT2D eigenvalue weighted by atomic mass is 19.1. The molecule has 0 bridgehead atoms. The second-order valence-electron chi connectivity index (χ2n) is 9.71. The van der Waals surface area contributed by atoms with Gasteiger partial charge in [-0.25, -0.2) is 4.39 Å². The number of carbonyl (C=O) groups is 1. The molecule has 0 spiro atoms. The van der Waals surface area contributed by atoms with Crippen LogP contribution in [0.2, 0.25) is 0 Å². The number of benzene rings is 2. The first-order valence-electron chi connectivity index (χ1n) is 12.7. The summed E-state index contributed by atoms with van der Waals surface area (Å²) in [7, 11) is 0. The summed E-state index contributed by atoms with van der Waals surface area (Å²) < 4.78 is 22.6. The van der Waals surface area contributed by atoms with Crippen molar-refractivity contribution in [1.29, 1.82) is 0 Å². The van der Waals surface area contributed by atoms with E-state index in [1.54, 1.807) is 12.1 Å². The van der Waals surface area contributed by atoms with Crippen molar-refractivity contribution in [3.05, 3.63) is 71.7 Å². The molecular formula is C28H34FN3O3. The monoisotopic (exact) mass is 479 g/mol. The van der Waals surface area contributed by atoms with Gasteiger partial charge in [-0.15, -0.1) is 0 Å². The van der Waals surface area contributed by atoms with Crippen LogP contribution in [0.3, 0.4) is 0 Å². The van der Waals surface area contributed by atoms with Crippen LogP contribution in [-0.2, 0) is 9.47 Å². The predicted octanol–water partition coefficient (Wildman–Crippen LogP) is 4.64. The number of halogens is 1. The molecule has 3 fully saturated rings. The molecular weight excluding hydrogens is 445 g/mol. The Labute approximate surface area is 206 Å². The van der Waals surface area contributed by atoms with Crippen LogP contribution in [0.15, 0.2) is 54.7 Å². The normalized spacial score (nSPS) is 21.3. The first kappa shape index (κ1) is 24.0. The molecule has 1 amide bonds. The number of hydrogen-bond acceptors (Lipinski definition) is 4. The molecule has 35 heavy (non-hydrogen) atoms. The number of para-hydroxylation sites is 1. The Balaban J connectivity index is 0.000000453. The maximum absolute atomic E-state index is 13.2. The fourth-order valence-electron chi connectivity index (χ4n) is 5.44. The van der Waals surface area contributed by atoms with E-state index in [0.717, 1.165) is 81.7 Å². The van der Waals surface area contributed by atoms with Crippen LogP contribution in [0.25, 0.3) is 10.9 Å². The van der Waals surface area contributed by atoms with Gasteiger partial charge in [0.05, 0.1) is 24.3 Å². The lowest BCUT2D eigenvalue weighted by atomic mass is 9.89. The third-order valence-corrected chi connectivity index (χ3v) is 7.37. The molecule has 1 atom stereocenters. The molecule has 2 aromatic carbocycles. The average molecular weight is 480 g/mol. The molecule has 1 N–H and O–H groups in total. The number of aromatic nitrogens is 1. The van der Waals surface area contributed by atoms with E-state index >= 15 is 0 Å². The summed E-state index contributed by atoms with van der Waals surface area (Å²) in [6.07, 6.45) is 5.21. The number of likely N-dealkylation sites (tertiary alicyclic amines) is 2. The van der Waals surface area contributed by atoms with Crippen molar-refractivity contribution in [2.24, 2.45) is 5.92 Å². The molecule has 0 unspecified atom stereocenters. The van der Waals surface area contributed by atoms with Crippen molar-refractivity contribution in [2.45, 2.75) is 25.2 Å². The van der Waals surface area contributed by atoms with Crippen LogP contribution in [0.5, 0.6) is 0 Å². The van der Waals surface area contributed by atoms with E-state index in [1.165, 1.54) is 5.56 Å². The second-order valence-corrected chi connectivity index (χ2v) is 9.71. The lowest BCUT2D eigenvalue weighted by molar-refractivity contribution is 0.0692. The van der Waals surface area contributed by atoms with Crippen molar-refractivity contribution in [3.8, 4) is 0 Å². The molecule has 3 aliphatic heterocycles. The topological polar surface area (TPSA) is 57.8 Å². The van der Waals surface area contributed by atoms with Gasteiger partial charge in [0, 0.05) is 31.2 Å². The number of amides is 1. The molecule has 1 aromatic heterocycles. The van der Waals surface area contributed by atoms with E-state index in [2.05, 4.69) is 9.88 Å². The standard InChI is InChI=1S/C25H28FN3O.C3H6O2/c26-22-6-4-19(5-7-22)20-10-13-28(14-11-20)16-18-9-15-29(17-18)25(30)23-3-1-2-21-8-12-27-24(21)23;1-2-5-3-4-1/h1-8,12,18,20,27H,9-11,13-17H2;1-3H2/t18-;/m1./s1. The fraction of sp³-hybridized carbons (Fsp3) is 0.464. The number of piperidine rings is 1. The Hall–Kier alpha value is -2.74. The van der Waals surface area contributed by atoms with Crippen molar-refractivity contribution in [3.63, 3.8) is 0 Å². The Morgan fingerprint density at radius 1 is 0.971 bits per heavy atom. The van der Waals surface area contributed by atoms with E-state index in [9.17, 15) is 9.18 Å². The van der Waals surface area contributed by atoms with Crippen molar-refractivity contribution < 1.29 is 18.7 Å². The molecule has 3 saturated heterocycles. The van der Waals surface area contributed by atoms with Crippen molar-refractivity contribution in [2.75, 3.05) is 52.7 Å². The number of nitrogens with one attached hydrogen (secondary N) is 1. The minimum Gasteiger partial charge on any atom is -0.361 e. The smallest absolute Gasteiger partial charge is 0.255 e. The highest BCUT2D eigenvalue weighted by Crippen LogP contribution is 2.30. The Morgan fingerprint density at radius 3 is 2.46 bits per heavy atom. The van der Waals surface area contributed by atoms with Crippen LogP contribution in [0, 0.1) is 11.7 Å². The zero-order valence-electron chi connectivity index (χ0n) is 20.1. The summed E-state index contributed by atoms with van der Waals surface area (Å²) in [6, 6.07) is 14.9. The van der Waals surface area contributed by atoms with Gasteiger partial charge in [-0.1, -0.05) is 24.3 Å². The number of fused-ring (bicyclic) bond motifs is 1. The van der Waals surface area contributed by atoms with Gasteiger partial charge >= 0.3 is 0 Å². The fourth-order valence-corrected chi connectivity index (χ4v) is 5.44. The summed E-state index contributed by atoms with van der Waals surface area (Å²) in [5, 5.41) is 1.08. The van der Waals surface area contributed by atoms with Gasteiger partial charge in [0.1, 0.15) is 12.6 Å². The summed E-state index contributed by atoms with van der Waals surface area (Å²) in [5.41, 5.74) is 2.97. The third kappa shape index (κ3) is 5.92. The van der Waals surface area contributed by atoms with E-state index in [0.29, 0.717) is 18.6 Å². The molecule has 0 radical (unpaired) electrons. The van der Waals surface area contributed by atoms with Crippen LogP contribution >= 0.6 is 0 Å². The second kappa shape index (κ2) is 11.3. The highest BCUT2D eigenvalue weighted by molar-refractivity contribution is 6.05. The van der Waals surface area contributed by atoms with Gasteiger partial charge < -0.3 is 24.3 Å². The zero-order chi connectivity index (χ0) is 24.0. The van der Waals surface area contributed by atoms with E-state index in [4.69, 9.17) is 9.47 Å². The van der Waals surface area contributed by atoms with Crippen LogP contribution in [0.4, 0.5) is 4.39 Å². The van der Waals surface area contributed by atoms with Gasteiger partial charge in [-0.2, -0.15) is 0 Å². The lowest BCUT2D eigenvalue weighted by Crippen LogP contribution is -2.37. The number of H-pyrrole nitrogens is 1. The number of hydrogen-bond donors (Lipinski definition) is 1. The minimum atomic E-state index is -0.163. The largest absolute Gasteiger partial charge is 0.361 e. The molecule has 6 nitrogen and oxygen atoms in total. The number of carbonyl (C=O) groups excluding carboxylic acids is 1. The van der Waals surface area contributed by atoms with Gasteiger partial charge in [-0.05, 0) is 74.0 Å². The maximum Gasteiger partial charge on any atom is 0.255 e. The number of nitrogens with zero attached hydrogens (tertiary/aromatic N) is 2. The summed E-state index contributed by atoms with van der Waals surface area (Å²) in [5.74, 6) is 1.05. The summed E-state index contributed by atoms with van der Waals surface area (Å²) >= 11 is 0. The van der Waals surface area contributed by atoms with Gasteiger partial charge in [-0.3, -0.25) is 4.79 Å². The van der Waals surface area contributed by atoms with E-state index in [-0.39, 0.29) is 11.7 Å². The summed E-state index contributed by atoms with van der Waals surface area (Å²) in [4.78, 5) is 20.9. The summed E-state index contributed by atoms with van der Waals surface area (Å²) in [6.45, 7) is 6.95. The van der Waals surface area contributed by atoms with Crippen LogP contribution < -0.4 is 0 Å². The zero-order valence-corrected chi connectivity index (χ0v) is 20.1. The Bertz CT molecular complexity index is 1100. The lowest BCUT2D eigenvalue weighted by Gasteiger charge is -2.33. The minimum absolute atomic E-state index is 0.139. The molecule has 0 aliphatic carbocycles. The van der Waals surface area contributed by atoms with Crippen molar-refractivity contribution >= 4 is 16.8 Å². The van der Waals surface area contributed by atoms with Crippen LogP contribution in [-0.4, -0.2) is 73.4 Å². The van der Waals surface area contributed by atoms with Gasteiger partial charge in [0.15, 0.2) is 0 Å². The average Bonchev–Trinajstić information content (AvgIpc) is 3.68. The Kier molecular flexibility index (Phi) is 7.76. The molecule has 186 valence electrons. The molecule has 6 rings (SSSR count). The number of ether oxygens (including phenoxy) is 2. The van der Waals surface area contributed by atoms with E-state index < -0.39 is 0 Å². The predicted molar refractivity (Wildman–Crippen MR) is 134 cm³/mol. The van der Waals surface area contributed by atoms with E-state index in [1.807, 2.05) is 47.5 Å². The number of aromatic amines is 1. The van der Waals surface area contributed by atoms with Crippen molar-refractivity contribution in [1.82, 2.24) is 14.8 Å². The van der Waals surface area contributed by atoms with Crippen LogP contribution in [0.1, 0.15) is 41.1 Å². The maximum atomic E-state index is 13.2. The van der Waals surface area contributed by atoms with Gasteiger partial charge in [0.2, 0.25) is 0 Å². The molecule has 0 saturated carbocycles. The third-order valence-electron chi connectivity index (χ3n) is 7.37. The first-order chi connectivity index (χ1) is 17.2. The molecule has 7 heteroatoms. The molecule has 4 heterocycles. The quantitative estimate of drug-likeness (QED) is 0.592. The van der Waals surface area contributed by atoms with Gasteiger partial charge in [0.25, 0.3) is 5.91 Å². The first-order valence-corrected chi connectivity index (χ1v) is 12.7. The Morgan fingerprint density at radius 2 is 1.74 bits per heavy atom. The highest BCUT2D eigenvalue weighted by Gasteiger charge is 2.30. The number of rotatable bonds is 4. The molecule has 3 aromatic rings. The molecule has 3 aliphatic rings. The SMILES string of the molecule is C1COCO1.O=C(c1cccc2cc[nH]c12)N1CC[C@H](CN2CCC(c3ccc(F)cc3)CC2)C1.